The third kappa shape index (κ3) is 1.85. The molecule has 0 radical (unpaired) electrons. The molecular formula is C12H13IO. The van der Waals surface area contributed by atoms with Gasteiger partial charge in [-0.3, -0.25) is 4.79 Å². The second kappa shape index (κ2) is 4.01. The van der Waals surface area contributed by atoms with Crippen LogP contribution in [0.1, 0.15) is 47.2 Å². The van der Waals surface area contributed by atoms with Gasteiger partial charge in [-0.2, -0.15) is 0 Å². The molecule has 74 valence electrons. The normalized spacial score (nSPS) is 15.6. The van der Waals surface area contributed by atoms with Gasteiger partial charge in [0.2, 0.25) is 0 Å². The summed E-state index contributed by atoms with van der Waals surface area (Å²) in [5, 5.41) is 0. The zero-order chi connectivity index (χ0) is 10.1. The molecule has 1 aromatic carbocycles. The fourth-order valence-corrected chi connectivity index (χ4v) is 2.71. The molecule has 0 N–H and O–H groups in total. The quantitative estimate of drug-likeness (QED) is 0.616. The van der Waals surface area contributed by atoms with Gasteiger partial charge in [-0.15, -0.1) is 0 Å². The van der Waals surface area contributed by atoms with Crippen LogP contribution in [-0.2, 0) is 6.42 Å². The Labute approximate surface area is 98.0 Å². The molecular weight excluding hydrogens is 287 g/mol. The monoisotopic (exact) mass is 300 g/mol. The number of carbonyl (C=O) groups excluding carboxylic acids is 1. The summed E-state index contributed by atoms with van der Waals surface area (Å²) >= 11 is 2.34. The molecule has 0 saturated heterocycles. The molecule has 1 aliphatic carbocycles. The van der Waals surface area contributed by atoms with E-state index < -0.39 is 0 Å². The molecule has 0 aromatic heterocycles. The zero-order valence-electron chi connectivity index (χ0n) is 8.22. The van der Waals surface area contributed by atoms with E-state index >= 15 is 0 Å². The first kappa shape index (κ1) is 10.1. The van der Waals surface area contributed by atoms with Gasteiger partial charge >= 0.3 is 0 Å². The van der Waals surface area contributed by atoms with E-state index in [1.54, 1.807) is 0 Å². The van der Waals surface area contributed by atoms with E-state index in [4.69, 9.17) is 0 Å². The lowest BCUT2D eigenvalue weighted by Crippen LogP contribution is -1.96. The summed E-state index contributed by atoms with van der Waals surface area (Å²) in [6, 6.07) is 4.25. The minimum Gasteiger partial charge on any atom is -0.298 e. The van der Waals surface area contributed by atoms with Crippen LogP contribution >= 0.6 is 22.6 Å². The van der Waals surface area contributed by atoms with E-state index in [2.05, 4.69) is 35.6 Å². The van der Waals surface area contributed by atoms with Crippen molar-refractivity contribution in [2.45, 2.75) is 32.1 Å². The molecule has 0 spiro atoms. The van der Waals surface area contributed by atoms with Crippen LogP contribution in [0.3, 0.4) is 0 Å². The van der Waals surface area contributed by atoms with E-state index in [0.717, 1.165) is 24.2 Å². The van der Waals surface area contributed by atoms with Gasteiger partial charge in [0.25, 0.3) is 0 Å². The maximum Gasteiger partial charge on any atom is 0.150 e. The number of halogens is 1. The average Bonchev–Trinajstić information content (AvgIpc) is 3.01. The highest BCUT2D eigenvalue weighted by atomic mass is 127. The van der Waals surface area contributed by atoms with Gasteiger partial charge in [-0.25, -0.2) is 0 Å². The summed E-state index contributed by atoms with van der Waals surface area (Å²) in [7, 11) is 0. The lowest BCUT2D eigenvalue weighted by atomic mass is 10.0. The Morgan fingerprint density at radius 2 is 2.21 bits per heavy atom. The molecule has 2 rings (SSSR count). The van der Waals surface area contributed by atoms with Gasteiger partial charge in [0.05, 0.1) is 0 Å². The van der Waals surface area contributed by atoms with Crippen molar-refractivity contribution in [3.63, 3.8) is 0 Å². The Bertz CT molecular complexity index is 367. The summed E-state index contributed by atoms with van der Waals surface area (Å²) in [6.45, 7) is 2.10. The Morgan fingerprint density at radius 1 is 1.50 bits per heavy atom. The summed E-state index contributed by atoms with van der Waals surface area (Å²) in [4.78, 5) is 10.8. The summed E-state index contributed by atoms with van der Waals surface area (Å²) < 4.78 is 1.25. The Kier molecular flexibility index (Phi) is 2.91. The molecule has 0 unspecified atom stereocenters. The van der Waals surface area contributed by atoms with Gasteiger partial charge in [-0.1, -0.05) is 13.0 Å². The molecule has 0 heterocycles. The molecule has 14 heavy (non-hydrogen) atoms. The number of carbonyl (C=O) groups is 1. The summed E-state index contributed by atoms with van der Waals surface area (Å²) in [5.41, 5.74) is 3.51. The first-order chi connectivity index (χ1) is 6.76. The fraction of sp³-hybridized carbons (Fsp3) is 0.417. The molecule has 0 bridgehead atoms. The molecule has 1 saturated carbocycles. The Morgan fingerprint density at radius 3 is 2.71 bits per heavy atom. The SMILES string of the molecule is CCc1cc(C2CC2)c(I)cc1C=O. The van der Waals surface area contributed by atoms with Crippen molar-refractivity contribution in [3.8, 4) is 0 Å². The third-order valence-electron chi connectivity index (χ3n) is 2.78. The number of hydrogen-bond acceptors (Lipinski definition) is 1. The highest BCUT2D eigenvalue weighted by Gasteiger charge is 2.26. The Balaban J connectivity index is 2.47. The van der Waals surface area contributed by atoms with Crippen LogP contribution in [0.5, 0.6) is 0 Å². The van der Waals surface area contributed by atoms with Crippen LogP contribution in [0.15, 0.2) is 12.1 Å². The molecule has 0 aliphatic heterocycles. The van der Waals surface area contributed by atoms with E-state index in [0.29, 0.717) is 0 Å². The van der Waals surface area contributed by atoms with Crippen molar-refractivity contribution in [1.29, 1.82) is 0 Å². The Hall–Kier alpha value is -0.380. The average molecular weight is 300 g/mol. The van der Waals surface area contributed by atoms with Crippen LogP contribution < -0.4 is 0 Å². The fourth-order valence-electron chi connectivity index (χ4n) is 1.78. The molecule has 1 aliphatic rings. The molecule has 0 amide bonds. The minimum absolute atomic E-state index is 0.771. The minimum atomic E-state index is 0.771. The van der Waals surface area contributed by atoms with Gasteiger partial charge in [0.1, 0.15) is 6.29 Å². The van der Waals surface area contributed by atoms with E-state index in [-0.39, 0.29) is 0 Å². The lowest BCUT2D eigenvalue weighted by molar-refractivity contribution is 0.112. The smallest absolute Gasteiger partial charge is 0.150 e. The van der Waals surface area contributed by atoms with Crippen LogP contribution in [0.4, 0.5) is 0 Å². The number of hydrogen-bond donors (Lipinski definition) is 0. The number of aldehydes is 1. The van der Waals surface area contributed by atoms with Crippen molar-refractivity contribution in [2.24, 2.45) is 0 Å². The van der Waals surface area contributed by atoms with Crippen LogP contribution in [0.2, 0.25) is 0 Å². The third-order valence-corrected chi connectivity index (χ3v) is 3.72. The summed E-state index contributed by atoms with van der Waals surface area (Å²) in [5.74, 6) is 0.771. The highest BCUT2D eigenvalue weighted by molar-refractivity contribution is 14.1. The second-order valence-corrected chi connectivity index (χ2v) is 4.98. The second-order valence-electron chi connectivity index (χ2n) is 3.82. The standard InChI is InChI=1S/C12H13IO/c1-2-8-5-11(9-3-4-9)12(13)6-10(8)7-14/h5-7,9H,2-4H2,1H3. The maximum absolute atomic E-state index is 10.8. The van der Waals surface area contributed by atoms with Crippen molar-refractivity contribution in [3.05, 3.63) is 32.4 Å². The van der Waals surface area contributed by atoms with Crippen LogP contribution in [0.25, 0.3) is 0 Å². The highest BCUT2D eigenvalue weighted by Crippen LogP contribution is 2.42. The number of aryl methyl sites for hydroxylation is 1. The lowest BCUT2D eigenvalue weighted by Gasteiger charge is -2.08. The maximum atomic E-state index is 10.8. The van der Waals surface area contributed by atoms with Gasteiger partial charge in [-0.05, 0) is 65.0 Å². The van der Waals surface area contributed by atoms with Crippen LogP contribution in [0, 0.1) is 3.57 Å². The topological polar surface area (TPSA) is 17.1 Å². The van der Waals surface area contributed by atoms with E-state index in [1.165, 1.54) is 27.5 Å². The van der Waals surface area contributed by atoms with Gasteiger partial charge < -0.3 is 0 Å². The van der Waals surface area contributed by atoms with Crippen molar-refractivity contribution in [1.82, 2.24) is 0 Å². The van der Waals surface area contributed by atoms with Gasteiger partial charge in [0.15, 0.2) is 0 Å². The van der Waals surface area contributed by atoms with E-state index in [1.807, 2.05) is 6.07 Å². The van der Waals surface area contributed by atoms with Crippen molar-refractivity contribution in [2.75, 3.05) is 0 Å². The molecule has 1 nitrogen and oxygen atoms in total. The molecule has 1 aromatic rings. The first-order valence-corrected chi connectivity index (χ1v) is 6.11. The van der Waals surface area contributed by atoms with Crippen molar-refractivity contribution < 1.29 is 4.79 Å². The molecule has 0 atom stereocenters. The van der Waals surface area contributed by atoms with Gasteiger partial charge in [0, 0.05) is 9.13 Å². The number of benzene rings is 1. The largest absolute Gasteiger partial charge is 0.298 e. The predicted octanol–water partition coefficient (Wildman–Crippen LogP) is 3.54. The van der Waals surface area contributed by atoms with Crippen molar-refractivity contribution >= 4 is 28.9 Å². The molecule has 1 fully saturated rings. The number of rotatable bonds is 3. The molecule has 2 heteroatoms. The first-order valence-electron chi connectivity index (χ1n) is 5.03. The zero-order valence-corrected chi connectivity index (χ0v) is 10.4. The summed E-state index contributed by atoms with van der Waals surface area (Å²) in [6.07, 6.45) is 4.56. The van der Waals surface area contributed by atoms with Crippen LogP contribution in [-0.4, -0.2) is 6.29 Å². The predicted molar refractivity (Wildman–Crippen MR) is 65.9 cm³/mol. The van der Waals surface area contributed by atoms with E-state index in [9.17, 15) is 4.79 Å².